The van der Waals surface area contributed by atoms with E-state index in [-0.39, 0.29) is 62.4 Å². The molecule has 5 atom stereocenters. The third kappa shape index (κ3) is 12.6. The normalized spacial score (nSPS) is 19.0. The first-order chi connectivity index (χ1) is 28.4. The van der Waals surface area contributed by atoms with Crippen molar-refractivity contribution in [3.05, 3.63) is 126 Å². The van der Waals surface area contributed by atoms with Crippen LogP contribution in [-0.4, -0.2) is 88.2 Å². The summed E-state index contributed by atoms with van der Waals surface area (Å²) in [5.41, 5.74) is 2.34. The fraction of sp³-hybridized carbons (Fsp3) is 0.419. The highest BCUT2D eigenvalue weighted by Gasteiger charge is 2.44. The van der Waals surface area contributed by atoms with Gasteiger partial charge in [-0.3, -0.25) is 4.57 Å². The van der Waals surface area contributed by atoms with Crippen LogP contribution >= 0.6 is 7.60 Å². The first-order valence-electron chi connectivity index (χ1n) is 19.6. The molecule has 2 fully saturated rings. The molecule has 1 amide bonds. The van der Waals surface area contributed by atoms with Gasteiger partial charge in [0, 0.05) is 13.1 Å². The fourth-order valence-corrected chi connectivity index (χ4v) is 9.64. The maximum Gasteiger partial charge on any atom is 0.407 e. The highest BCUT2D eigenvalue weighted by molar-refractivity contribution is 7.89. The Morgan fingerprint density at radius 3 is 2.05 bits per heavy atom. The Kier molecular flexibility index (Phi) is 15.6. The molecular weight excluding hydrogens is 800 g/mol. The van der Waals surface area contributed by atoms with E-state index in [1.54, 1.807) is 36.4 Å². The molecule has 16 heteroatoms. The number of methoxy groups -OCH3 is 1. The number of rotatable bonds is 21. The summed E-state index contributed by atoms with van der Waals surface area (Å²) in [7, 11) is -6.32. The molecule has 2 heterocycles. The first kappa shape index (κ1) is 44.2. The number of carbonyl (C=O) groups is 1. The number of benzene rings is 4. The van der Waals surface area contributed by atoms with Crippen LogP contribution in [0.4, 0.5) is 4.79 Å². The predicted octanol–water partition coefficient (Wildman–Crippen LogP) is 6.76. The van der Waals surface area contributed by atoms with Gasteiger partial charge in [0.15, 0.2) is 12.6 Å². The van der Waals surface area contributed by atoms with Crippen LogP contribution < -0.4 is 14.8 Å². The van der Waals surface area contributed by atoms with Crippen LogP contribution in [0.3, 0.4) is 0 Å². The standard InChI is InChI=1S/C43H53N2O12PS/c1-31(2)25-45(59(49,50)37-20-18-35(51-3)19-21-37)26-40(46)39(44-43(47)57-41-29-53-42-38(41)22-23-52-42)24-32-14-16-36(17-15-32)54-30-58(48,55-27-33-10-6-4-7-11-33)56-28-34-12-8-5-9-13-34/h4-21,31,38-42,46H,22-30H2,1-3H3,(H,44,47)/t38?,39-,40+,41-,42+/m0/s1. The van der Waals surface area contributed by atoms with E-state index >= 15 is 0 Å². The Morgan fingerprint density at radius 2 is 1.46 bits per heavy atom. The van der Waals surface area contributed by atoms with E-state index in [1.807, 2.05) is 74.5 Å². The van der Waals surface area contributed by atoms with Crippen molar-refractivity contribution in [2.24, 2.45) is 11.8 Å². The number of sulfonamides is 1. The van der Waals surface area contributed by atoms with Crippen molar-refractivity contribution in [2.45, 2.75) is 69.3 Å². The number of aliphatic hydroxyl groups is 1. The molecule has 1 unspecified atom stereocenters. The molecule has 0 aliphatic carbocycles. The van der Waals surface area contributed by atoms with Gasteiger partial charge in [-0.25, -0.2) is 13.2 Å². The SMILES string of the molecule is COc1ccc(S(=O)(=O)N(CC(C)C)C[C@@H](O)[C@H](Cc2ccc(OCP(=O)(OCc3ccccc3)OCc3ccccc3)cc2)NC(=O)O[C@H]2CO[C@H]3OCCC32)cc1. The molecule has 2 aliphatic rings. The zero-order valence-electron chi connectivity index (χ0n) is 33.5. The van der Waals surface area contributed by atoms with Crippen LogP contribution in [0, 0.1) is 11.8 Å². The molecule has 59 heavy (non-hydrogen) atoms. The molecule has 0 saturated carbocycles. The lowest BCUT2D eigenvalue weighted by molar-refractivity contribution is -0.0907. The minimum absolute atomic E-state index is 0.0423. The maximum atomic E-state index is 13.9. The summed E-state index contributed by atoms with van der Waals surface area (Å²) in [6.45, 7) is 4.38. The van der Waals surface area contributed by atoms with Crippen molar-refractivity contribution in [3.63, 3.8) is 0 Å². The van der Waals surface area contributed by atoms with E-state index in [1.165, 1.54) is 23.5 Å². The van der Waals surface area contributed by atoms with Crippen LogP contribution in [0.2, 0.25) is 0 Å². The van der Waals surface area contributed by atoms with Crippen molar-refractivity contribution in [1.29, 1.82) is 0 Å². The molecule has 4 aromatic rings. The minimum atomic E-state index is -4.06. The van der Waals surface area contributed by atoms with E-state index in [0.29, 0.717) is 30.1 Å². The van der Waals surface area contributed by atoms with E-state index in [0.717, 1.165) is 11.1 Å². The van der Waals surface area contributed by atoms with E-state index in [2.05, 4.69) is 5.32 Å². The number of alkyl carbamates (subject to hydrolysis) is 1. The first-order valence-corrected chi connectivity index (χ1v) is 22.8. The maximum absolute atomic E-state index is 13.9. The zero-order valence-corrected chi connectivity index (χ0v) is 35.2. The van der Waals surface area contributed by atoms with Crippen molar-refractivity contribution in [2.75, 3.05) is 39.8 Å². The van der Waals surface area contributed by atoms with Gasteiger partial charge in [-0.05, 0) is 71.8 Å². The van der Waals surface area contributed by atoms with E-state index in [9.17, 15) is 22.9 Å². The molecule has 2 saturated heterocycles. The third-order valence-corrected chi connectivity index (χ3v) is 13.3. The summed E-state index contributed by atoms with van der Waals surface area (Å²) in [4.78, 5) is 13.4. The van der Waals surface area contributed by atoms with Crippen molar-refractivity contribution in [3.8, 4) is 11.5 Å². The molecule has 0 radical (unpaired) electrons. The van der Waals surface area contributed by atoms with Gasteiger partial charge >= 0.3 is 13.7 Å². The minimum Gasteiger partial charge on any atom is -0.497 e. The number of carbonyl (C=O) groups excluding carboxylic acids is 1. The van der Waals surface area contributed by atoms with Gasteiger partial charge < -0.3 is 43.2 Å². The summed E-state index contributed by atoms with van der Waals surface area (Å²) in [6.07, 6.45) is -2.66. The second-order valence-electron chi connectivity index (χ2n) is 14.9. The van der Waals surface area contributed by atoms with Gasteiger partial charge in [0.25, 0.3) is 0 Å². The number of amides is 1. The summed E-state index contributed by atoms with van der Waals surface area (Å²) < 4.78 is 82.8. The van der Waals surface area contributed by atoms with E-state index < -0.39 is 48.3 Å². The Balaban J connectivity index is 1.16. The molecular formula is C43H53N2O12PS. The van der Waals surface area contributed by atoms with Crippen LogP contribution in [0.25, 0.3) is 0 Å². The van der Waals surface area contributed by atoms with Crippen LogP contribution in [-0.2, 0) is 57.5 Å². The van der Waals surface area contributed by atoms with Gasteiger partial charge in [0.1, 0.15) is 17.6 Å². The highest BCUT2D eigenvalue weighted by atomic mass is 32.2. The van der Waals surface area contributed by atoms with Gasteiger partial charge in [-0.2, -0.15) is 4.31 Å². The van der Waals surface area contributed by atoms with Crippen molar-refractivity contribution in [1.82, 2.24) is 9.62 Å². The highest BCUT2D eigenvalue weighted by Crippen LogP contribution is 2.50. The Labute approximate surface area is 346 Å². The quantitative estimate of drug-likeness (QED) is 0.0847. The van der Waals surface area contributed by atoms with Crippen LogP contribution in [0.15, 0.2) is 114 Å². The number of nitrogens with zero attached hydrogens (tertiary/aromatic N) is 1. The summed E-state index contributed by atoms with van der Waals surface area (Å²) in [5.74, 6) is 0.707. The lowest BCUT2D eigenvalue weighted by Crippen LogP contribution is -2.51. The topological polar surface area (TPSA) is 168 Å². The monoisotopic (exact) mass is 852 g/mol. The molecule has 0 aromatic heterocycles. The molecule has 0 spiro atoms. The third-order valence-electron chi connectivity index (χ3n) is 9.98. The van der Waals surface area contributed by atoms with Gasteiger partial charge in [0.05, 0.1) is 56.5 Å². The van der Waals surface area contributed by atoms with E-state index in [4.69, 9.17) is 32.7 Å². The summed E-state index contributed by atoms with van der Waals surface area (Å²) >= 11 is 0. The molecule has 4 aromatic carbocycles. The largest absolute Gasteiger partial charge is 0.497 e. The molecule has 2 N–H and O–H groups in total. The van der Waals surface area contributed by atoms with Crippen molar-refractivity contribution < 1.29 is 55.6 Å². The Bertz CT molecular complexity index is 2030. The average Bonchev–Trinajstić information content (AvgIpc) is 3.87. The van der Waals surface area contributed by atoms with Crippen LogP contribution in [0.1, 0.15) is 37.0 Å². The molecule has 2 aliphatic heterocycles. The summed E-state index contributed by atoms with van der Waals surface area (Å²) in [5, 5.41) is 14.6. The lowest BCUT2D eigenvalue weighted by Gasteiger charge is -2.31. The van der Waals surface area contributed by atoms with Gasteiger partial charge in [-0.15, -0.1) is 0 Å². The smallest absolute Gasteiger partial charge is 0.407 e. The second kappa shape index (κ2) is 20.8. The predicted molar refractivity (Wildman–Crippen MR) is 219 cm³/mol. The van der Waals surface area contributed by atoms with Gasteiger partial charge in [-0.1, -0.05) is 86.6 Å². The molecule has 0 bridgehead atoms. The number of fused-ring (bicyclic) bond motifs is 1. The number of nitrogens with one attached hydrogen (secondary N) is 1. The Hall–Kier alpha value is -4.31. The lowest BCUT2D eigenvalue weighted by atomic mass is 10.0. The number of aliphatic hydroxyl groups excluding tert-OH is 1. The number of ether oxygens (including phenoxy) is 5. The number of hydrogen-bond donors (Lipinski definition) is 2. The van der Waals surface area contributed by atoms with Gasteiger partial charge in [0.2, 0.25) is 10.0 Å². The average molecular weight is 853 g/mol. The molecule has 14 nitrogen and oxygen atoms in total. The molecule has 6 rings (SSSR count). The second-order valence-corrected chi connectivity index (χ2v) is 18.9. The van der Waals surface area contributed by atoms with Crippen molar-refractivity contribution >= 4 is 23.7 Å². The Morgan fingerprint density at radius 1 is 0.847 bits per heavy atom. The molecule has 318 valence electrons. The summed E-state index contributed by atoms with van der Waals surface area (Å²) in [6, 6.07) is 30.6. The zero-order chi connectivity index (χ0) is 41.8. The van der Waals surface area contributed by atoms with Crippen LogP contribution in [0.5, 0.6) is 11.5 Å². The number of hydrogen-bond acceptors (Lipinski definition) is 12. The fourth-order valence-electron chi connectivity index (χ4n) is 6.80.